The molecule has 0 amide bonds. The van der Waals surface area contributed by atoms with Crippen molar-refractivity contribution in [2.45, 2.75) is 69.9 Å². The lowest BCUT2D eigenvalue weighted by Crippen LogP contribution is -2.35. The summed E-state index contributed by atoms with van der Waals surface area (Å²) in [5.41, 5.74) is 0. The van der Waals surface area contributed by atoms with Gasteiger partial charge >= 0.3 is 0 Å². The minimum Gasteiger partial charge on any atom is -0.378 e. The highest BCUT2D eigenvalue weighted by Crippen LogP contribution is 2.20. The molecule has 0 radical (unpaired) electrons. The van der Waals surface area contributed by atoms with E-state index in [9.17, 15) is 0 Å². The summed E-state index contributed by atoms with van der Waals surface area (Å²) in [7, 11) is 0. The first kappa shape index (κ1) is 15.1. The molecular formula is C19H29NO. The molecule has 3 aliphatic carbocycles. The SMILES string of the molecule is C1CCC(OCCC2CCCCN2)CC1.c1cc2ccc1=2. The Morgan fingerprint density at radius 1 is 0.857 bits per heavy atom. The molecule has 2 heteroatoms. The van der Waals surface area contributed by atoms with Gasteiger partial charge in [-0.2, -0.15) is 0 Å². The van der Waals surface area contributed by atoms with E-state index in [1.807, 2.05) is 0 Å². The maximum absolute atomic E-state index is 5.95. The lowest BCUT2D eigenvalue weighted by atomic mass is 9.97. The largest absolute Gasteiger partial charge is 0.378 e. The van der Waals surface area contributed by atoms with E-state index in [2.05, 4.69) is 29.6 Å². The van der Waals surface area contributed by atoms with Crippen molar-refractivity contribution in [1.29, 1.82) is 0 Å². The van der Waals surface area contributed by atoms with Crippen LogP contribution < -0.4 is 5.32 Å². The van der Waals surface area contributed by atoms with Crippen molar-refractivity contribution >= 4 is 0 Å². The molecule has 116 valence electrons. The normalized spacial score (nSPS) is 24.1. The van der Waals surface area contributed by atoms with Crippen molar-refractivity contribution in [2.24, 2.45) is 0 Å². The summed E-state index contributed by atoms with van der Waals surface area (Å²) in [6, 6.07) is 9.22. The Kier molecular flexibility index (Phi) is 5.70. The monoisotopic (exact) mass is 287 g/mol. The van der Waals surface area contributed by atoms with Crippen molar-refractivity contribution in [1.82, 2.24) is 5.32 Å². The molecule has 0 aromatic carbocycles. The lowest BCUT2D eigenvalue weighted by Gasteiger charge is -2.26. The second kappa shape index (κ2) is 7.95. The Bertz CT molecular complexity index is 432. The first-order chi connectivity index (χ1) is 10.4. The Morgan fingerprint density at radius 2 is 1.52 bits per heavy atom. The third-order valence-electron chi connectivity index (χ3n) is 5.00. The number of benzene rings is 1. The summed E-state index contributed by atoms with van der Waals surface area (Å²) in [6.07, 6.45) is 12.7. The smallest absolute Gasteiger partial charge is 0.0575 e. The van der Waals surface area contributed by atoms with Gasteiger partial charge in [0.25, 0.3) is 0 Å². The first-order valence-corrected chi connectivity index (χ1v) is 8.87. The van der Waals surface area contributed by atoms with Crippen LogP contribution >= 0.6 is 0 Å². The summed E-state index contributed by atoms with van der Waals surface area (Å²) < 4.78 is 5.95. The van der Waals surface area contributed by atoms with Crippen molar-refractivity contribution in [3.05, 3.63) is 34.7 Å². The highest BCUT2D eigenvalue weighted by atomic mass is 16.5. The molecule has 1 heterocycles. The zero-order chi connectivity index (χ0) is 14.3. The Labute approximate surface area is 128 Å². The third-order valence-corrected chi connectivity index (χ3v) is 5.00. The van der Waals surface area contributed by atoms with Crippen LogP contribution in [0.2, 0.25) is 0 Å². The van der Waals surface area contributed by atoms with Crippen LogP contribution in [0, 0.1) is 10.4 Å². The summed E-state index contributed by atoms with van der Waals surface area (Å²) in [5.74, 6) is 0. The van der Waals surface area contributed by atoms with Crippen molar-refractivity contribution < 1.29 is 4.74 Å². The van der Waals surface area contributed by atoms with Gasteiger partial charge in [-0.15, -0.1) is 0 Å². The fourth-order valence-electron chi connectivity index (χ4n) is 3.44. The molecule has 0 aromatic heterocycles. The van der Waals surface area contributed by atoms with E-state index in [-0.39, 0.29) is 0 Å². The van der Waals surface area contributed by atoms with Crippen LogP contribution in [0.5, 0.6) is 0 Å². The van der Waals surface area contributed by atoms with Crippen LogP contribution in [0.15, 0.2) is 24.3 Å². The maximum atomic E-state index is 5.95. The van der Waals surface area contributed by atoms with E-state index in [1.165, 1.54) is 74.8 Å². The average Bonchev–Trinajstić information content (AvgIpc) is 2.53. The van der Waals surface area contributed by atoms with Gasteiger partial charge in [-0.1, -0.05) is 49.9 Å². The topological polar surface area (TPSA) is 21.3 Å². The standard InChI is InChI=1S/C13H25NO.C6H4/c1-2-7-13(8-3-1)15-11-9-12-6-4-5-10-14-12;1-2-6-4-3-5(1)6/h12-14H,1-11H2;1-4H. The second-order valence-corrected chi connectivity index (χ2v) is 6.64. The van der Waals surface area contributed by atoms with Crippen LogP contribution in [0.25, 0.3) is 0 Å². The molecule has 0 bridgehead atoms. The van der Waals surface area contributed by atoms with Crippen LogP contribution in [-0.4, -0.2) is 25.3 Å². The first-order valence-electron chi connectivity index (χ1n) is 8.87. The molecule has 0 aromatic rings. The van der Waals surface area contributed by atoms with Gasteiger partial charge in [0.1, 0.15) is 0 Å². The van der Waals surface area contributed by atoms with Gasteiger partial charge in [-0.25, -0.2) is 0 Å². The van der Waals surface area contributed by atoms with Crippen molar-refractivity contribution in [2.75, 3.05) is 13.2 Å². The van der Waals surface area contributed by atoms with E-state index in [0.29, 0.717) is 6.10 Å². The molecule has 2 fully saturated rings. The molecule has 2 nitrogen and oxygen atoms in total. The molecule has 21 heavy (non-hydrogen) atoms. The summed E-state index contributed by atoms with van der Waals surface area (Å²) in [5, 5.41) is 6.43. The summed E-state index contributed by atoms with van der Waals surface area (Å²) >= 11 is 0. The van der Waals surface area contributed by atoms with Crippen molar-refractivity contribution in [3.8, 4) is 0 Å². The fraction of sp³-hybridized carbons (Fsp3) is 0.684. The number of piperidine rings is 1. The Hall–Kier alpha value is -0.860. The van der Waals surface area contributed by atoms with Crippen LogP contribution in [0.4, 0.5) is 0 Å². The number of rotatable bonds is 4. The highest BCUT2D eigenvalue weighted by Gasteiger charge is 2.15. The molecule has 1 unspecified atom stereocenters. The second-order valence-electron chi connectivity index (χ2n) is 6.64. The van der Waals surface area contributed by atoms with Gasteiger partial charge in [0.2, 0.25) is 0 Å². The van der Waals surface area contributed by atoms with Crippen LogP contribution in [0.3, 0.4) is 0 Å². The lowest BCUT2D eigenvalue weighted by molar-refractivity contribution is 0.0225. The molecule has 1 aliphatic heterocycles. The Morgan fingerprint density at radius 3 is 2.05 bits per heavy atom. The molecule has 1 saturated carbocycles. The van der Waals surface area contributed by atoms with Gasteiger partial charge in [0.15, 0.2) is 0 Å². The number of nitrogens with one attached hydrogen (secondary N) is 1. The van der Waals surface area contributed by atoms with Gasteiger partial charge < -0.3 is 10.1 Å². The highest BCUT2D eigenvalue weighted by molar-refractivity contribution is 5.22. The van der Waals surface area contributed by atoms with E-state index in [0.717, 1.165) is 12.6 Å². The van der Waals surface area contributed by atoms with Gasteiger partial charge in [-0.3, -0.25) is 0 Å². The van der Waals surface area contributed by atoms with E-state index in [1.54, 1.807) is 0 Å². The van der Waals surface area contributed by atoms with Gasteiger partial charge in [0.05, 0.1) is 6.10 Å². The predicted octanol–water partition coefficient (Wildman–Crippen LogP) is 4.15. The fourth-order valence-corrected chi connectivity index (χ4v) is 3.44. The van der Waals surface area contributed by atoms with Crippen LogP contribution in [-0.2, 0) is 4.74 Å². The number of hydrogen-bond acceptors (Lipinski definition) is 2. The zero-order valence-corrected chi connectivity index (χ0v) is 13.2. The van der Waals surface area contributed by atoms with E-state index >= 15 is 0 Å². The summed E-state index contributed by atoms with van der Waals surface area (Å²) in [6.45, 7) is 2.19. The molecule has 1 saturated heterocycles. The molecule has 4 aliphatic rings. The minimum absolute atomic E-state index is 0.586. The summed E-state index contributed by atoms with van der Waals surface area (Å²) in [4.78, 5) is 0. The quantitative estimate of drug-likeness (QED) is 0.912. The third kappa shape index (κ3) is 4.55. The van der Waals surface area contributed by atoms with E-state index < -0.39 is 0 Å². The molecule has 4 rings (SSSR count). The van der Waals surface area contributed by atoms with E-state index in [4.69, 9.17) is 4.74 Å². The zero-order valence-electron chi connectivity index (χ0n) is 13.2. The van der Waals surface area contributed by atoms with Gasteiger partial charge in [0, 0.05) is 12.6 Å². The molecule has 0 spiro atoms. The molecule has 1 N–H and O–H groups in total. The average molecular weight is 287 g/mol. The van der Waals surface area contributed by atoms with Crippen LogP contribution in [0.1, 0.15) is 57.8 Å². The number of ether oxygens (including phenoxy) is 1. The molecule has 1 atom stereocenters. The maximum Gasteiger partial charge on any atom is 0.0575 e. The Balaban J connectivity index is 0.000000180. The van der Waals surface area contributed by atoms with Gasteiger partial charge in [-0.05, 0) is 49.1 Å². The minimum atomic E-state index is 0.586. The number of hydrogen-bond donors (Lipinski definition) is 1. The predicted molar refractivity (Wildman–Crippen MR) is 87.2 cm³/mol. The van der Waals surface area contributed by atoms with Crippen molar-refractivity contribution in [3.63, 3.8) is 0 Å². The molecular weight excluding hydrogens is 258 g/mol.